The largest absolute Gasteiger partial charge is 0.299 e. The second-order valence-electron chi connectivity index (χ2n) is 7.82. The van der Waals surface area contributed by atoms with Gasteiger partial charge in [0.25, 0.3) is 0 Å². The third-order valence-electron chi connectivity index (χ3n) is 5.72. The monoisotopic (exact) mass is 449 g/mol. The fraction of sp³-hybridized carbons (Fsp3) is 0.550. The highest BCUT2D eigenvalue weighted by Crippen LogP contribution is 2.35. The van der Waals surface area contributed by atoms with Crippen LogP contribution in [0, 0.1) is 0 Å². The highest BCUT2D eigenvalue weighted by molar-refractivity contribution is 7.89. The number of amides is 1. The predicted molar refractivity (Wildman–Crippen MR) is 116 cm³/mol. The Labute approximate surface area is 181 Å². The Kier molecular flexibility index (Phi) is 6.77. The van der Waals surface area contributed by atoms with Gasteiger partial charge in [0, 0.05) is 32.1 Å². The fourth-order valence-corrected chi connectivity index (χ4v) is 6.40. The van der Waals surface area contributed by atoms with E-state index in [4.69, 9.17) is 0 Å². The van der Waals surface area contributed by atoms with Gasteiger partial charge in [-0.2, -0.15) is 4.31 Å². The lowest BCUT2D eigenvalue weighted by molar-refractivity contribution is -0.117. The number of hydrogen-bond donors (Lipinski definition) is 1. The summed E-state index contributed by atoms with van der Waals surface area (Å²) in [6.07, 6.45) is 6.06. The van der Waals surface area contributed by atoms with E-state index in [1.807, 2.05) is 4.90 Å². The van der Waals surface area contributed by atoms with Crippen LogP contribution in [0.25, 0.3) is 0 Å². The number of carbonyl (C=O) groups excluding carboxylic acids is 1. The molecule has 1 amide bonds. The number of nitrogens with zero attached hydrogens (tertiary/aromatic N) is 4. The summed E-state index contributed by atoms with van der Waals surface area (Å²) in [6, 6.07) is 8.46. The number of hydrogen-bond acceptors (Lipinski definition) is 7. The minimum atomic E-state index is -3.48. The lowest BCUT2D eigenvalue weighted by Gasteiger charge is -2.33. The molecule has 1 aromatic carbocycles. The van der Waals surface area contributed by atoms with Crippen molar-refractivity contribution >= 4 is 32.4 Å². The summed E-state index contributed by atoms with van der Waals surface area (Å²) in [4.78, 5) is 14.7. The molecule has 30 heavy (non-hydrogen) atoms. The smallest absolute Gasteiger partial charge is 0.243 e. The van der Waals surface area contributed by atoms with Gasteiger partial charge in [0.15, 0.2) is 0 Å². The molecule has 8 nitrogen and oxygen atoms in total. The molecule has 2 fully saturated rings. The van der Waals surface area contributed by atoms with Crippen molar-refractivity contribution in [2.75, 3.05) is 38.0 Å². The molecule has 1 saturated heterocycles. The first-order valence-corrected chi connectivity index (χ1v) is 12.7. The van der Waals surface area contributed by atoms with Gasteiger partial charge in [-0.05, 0) is 25.0 Å². The Morgan fingerprint density at radius 3 is 2.43 bits per heavy atom. The molecule has 4 rings (SSSR count). The molecule has 1 aliphatic carbocycles. The molecule has 1 aliphatic heterocycles. The van der Waals surface area contributed by atoms with Gasteiger partial charge in [-0.25, -0.2) is 8.42 Å². The average Bonchev–Trinajstić information content (AvgIpc) is 3.24. The highest BCUT2D eigenvalue weighted by atomic mass is 32.2. The number of anilines is 1. The molecule has 0 unspecified atom stereocenters. The first-order chi connectivity index (χ1) is 14.5. The Bertz CT molecular complexity index is 950. The average molecular weight is 450 g/mol. The highest BCUT2D eigenvalue weighted by Gasteiger charge is 2.29. The van der Waals surface area contributed by atoms with E-state index in [1.54, 1.807) is 30.3 Å². The summed E-state index contributed by atoms with van der Waals surface area (Å²) in [7, 11) is -3.48. The van der Waals surface area contributed by atoms with Crippen molar-refractivity contribution in [1.82, 2.24) is 19.4 Å². The van der Waals surface area contributed by atoms with Gasteiger partial charge in [-0.15, -0.1) is 10.2 Å². The van der Waals surface area contributed by atoms with E-state index < -0.39 is 10.0 Å². The molecule has 1 aromatic heterocycles. The molecule has 0 bridgehead atoms. The van der Waals surface area contributed by atoms with Crippen LogP contribution in [0.2, 0.25) is 0 Å². The summed E-state index contributed by atoms with van der Waals surface area (Å²) in [5.74, 6) is 0.335. The van der Waals surface area contributed by atoms with Crippen molar-refractivity contribution in [2.45, 2.75) is 42.9 Å². The quantitative estimate of drug-likeness (QED) is 0.728. The molecule has 2 aliphatic rings. The van der Waals surface area contributed by atoms with Crippen molar-refractivity contribution in [3.8, 4) is 0 Å². The number of rotatable bonds is 6. The third-order valence-corrected chi connectivity index (χ3v) is 8.63. The molecule has 162 valence electrons. The molecule has 1 saturated carbocycles. The van der Waals surface area contributed by atoms with Crippen molar-refractivity contribution in [3.63, 3.8) is 0 Å². The standard InChI is InChI=1S/C20H27N5O3S2/c26-18(21-20-23-22-19(29-20)16-7-3-1-4-8-16)15-24-11-13-25(14-12-24)30(27,28)17-9-5-2-6-10-17/h2,5-6,9-10,16H,1,3-4,7-8,11-15H2,(H,21,23,26). The topological polar surface area (TPSA) is 95.5 Å². The van der Waals surface area contributed by atoms with E-state index in [-0.39, 0.29) is 12.5 Å². The Balaban J connectivity index is 1.26. The van der Waals surface area contributed by atoms with Crippen molar-refractivity contribution < 1.29 is 13.2 Å². The van der Waals surface area contributed by atoms with Crippen LogP contribution in [-0.2, 0) is 14.8 Å². The number of carbonyl (C=O) groups is 1. The van der Waals surface area contributed by atoms with Gasteiger partial charge >= 0.3 is 0 Å². The van der Waals surface area contributed by atoms with E-state index >= 15 is 0 Å². The molecule has 0 spiro atoms. The number of nitrogens with one attached hydrogen (secondary N) is 1. The van der Waals surface area contributed by atoms with E-state index in [0.717, 1.165) is 17.8 Å². The molecular formula is C20H27N5O3S2. The van der Waals surface area contributed by atoms with E-state index in [0.29, 0.717) is 42.1 Å². The van der Waals surface area contributed by atoms with Crippen molar-refractivity contribution in [3.05, 3.63) is 35.3 Å². The summed E-state index contributed by atoms with van der Waals surface area (Å²) < 4.78 is 26.9. The summed E-state index contributed by atoms with van der Waals surface area (Å²) in [5.41, 5.74) is 0. The second-order valence-corrected chi connectivity index (χ2v) is 10.8. The van der Waals surface area contributed by atoms with Crippen molar-refractivity contribution in [2.24, 2.45) is 0 Å². The van der Waals surface area contributed by atoms with Crippen LogP contribution in [0.5, 0.6) is 0 Å². The third kappa shape index (κ3) is 5.05. The lowest BCUT2D eigenvalue weighted by atomic mass is 9.90. The molecule has 0 atom stereocenters. The van der Waals surface area contributed by atoms with Crippen LogP contribution in [0.3, 0.4) is 0 Å². The zero-order chi connectivity index (χ0) is 21.0. The number of aromatic nitrogens is 2. The van der Waals surface area contributed by atoms with Crippen LogP contribution in [0.15, 0.2) is 35.2 Å². The predicted octanol–water partition coefficient (Wildman–Crippen LogP) is 2.53. The molecule has 0 radical (unpaired) electrons. The van der Waals surface area contributed by atoms with Gasteiger partial charge in [-0.3, -0.25) is 15.0 Å². The Morgan fingerprint density at radius 1 is 1.03 bits per heavy atom. The molecular weight excluding hydrogens is 422 g/mol. The second kappa shape index (κ2) is 9.51. The maximum absolute atomic E-state index is 12.7. The lowest BCUT2D eigenvalue weighted by Crippen LogP contribution is -2.50. The minimum absolute atomic E-state index is 0.138. The summed E-state index contributed by atoms with van der Waals surface area (Å²) >= 11 is 1.47. The van der Waals surface area contributed by atoms with E-state index in [9.17, 15) is 13.2 Å². The van der Waals surface area contributed by atoms with Gasteiger partial charge in [0.1, 0.15) is 5.01 Å². The van der Waals surface area contributed by atoms with Crippen LogP contribution < -0.4 is 5.32 Å². The van der Waals surface area contributed by atoms with Crippen LogP contribution in [0.1, 0.15) is 43.0 Å². The fourth-order valence-electron chi connectivity index (χ4n) is 4.03. The van der Waals surface area contributed by atoms with Crippen LogP contribution in [0.4, 0.5) is 5.13 Å². The first kappa shape index (κ1) is 21.4. The van der Waals surface area contributed by atoms with Crippen LogP contribution >= 0.6 is 11.3 Å². The summed E-state index contributed by atoms with van der Waals surface area (Å²) in [5, 5.41) is 12.8. The zero-order valence-electron chi connectivity index (χ0n) is 16.9. The Hall–Kier alpha value is -1.88. The molecule has 1 N–H and O–H groups in total. The summed E-state index contributed by atoms with van der Waals surface area (Å²) in [6.45, 7) is 1.99. The number of sulfonamides is 1. The number of piperazine rings is 1. The molecule has 10 heteroatoms. The maximum atomic E-state index is 12.7. The van der Waals surface area contributed by atoms with Gasteiger partial charge in [0.2, 0.25) is 21.1 Å². The van der Waals surface area contributed by atoms with Gasteiger partial charge in [-0.1, -0.05) is 48.8 Å². The number of benzene rings is 1. The van der Waals surface area contributed by atoms with E-state index in [2.05, 4.69) is 15.5 Å². The molecule has 2 aromatic rings. The van der Waals surface area contributed by atoms with Gasteiger partial charge in [0.05, 0.1) is 11.4 Å². The minimum Gasteiger partial charge on any atom is -0.299 e. The Morgan fingerprint density at radius 2 is 1.73 bits per heavy atom. The van der Waals surface area contributed by atoms with Gasteiger partial charge < -0.3 is 0 Å². The molecule has 2 heterocycles. The van der Waals surface area contributed by atoms with E-state index in [1.165, 1.54) is 34.9 Å². The van der Waals surface area contributed by atoms with Crippen molar-refractivity contribution in [1.29, 1.82) is 0 Å². The SMILES string of the molecule is O=C(CN1CCN(S(=O)(=O)c2ccccc2)CC1)Nc1nnc(C2CCCCC2)s1. The first-order valence-electron chi connectivity index (χ1n) is 10.4. The van der Waals surface area contributed by atoms with Crippen LogP contribution in [-0.4, -0.2) is 66.5 Å². The normalized spacial score (nSPS) is 19.6. The maximum Gasteiger partial charge on any atom is 0.243 e. The zero-order valence-corrected chi connectivity index (χ0v) is 18.5.